The summed E-state index contributed by atoms with van der Waals surface area (Å²) >= 11 is 3.27. The Labute approximate surface area is 117 Å². The van der Waals surface area contributed by atoms with Crippen molar-refractivity contribution < 1.29 is 19.4 Å². The molecule has 1 aromatic rings. The summed E-state index contributed by atoms with van der Waals surface area (Å²) in [6.45, 7) is 2.20. The third-order valence-electron chi connectivity index (χ3n) is 2.40. The number of benzene rings is 1. The number of hydrogen-bond acceptors (Lipinski definition) is 4. The quantitative estimate of drug-likeness (QED) is 0.583. The largest absolute Gasteiger partial charge is 0.504 e. The van der Waals surface area contributed by atoms with E-state index in [9.17, 15) is 14.7 Å². The summed E-state index contributed by atoms with van der Waals surface area (Å²) in [5, 5.41) is 14.2. The van der Waals surface area contributed by atoms with Crippen LogP contribution in [0, 0.1) is 0 Å². The average Bonchev–Trinajstić information content (AvgIpc) is 2.64. The first kappa shape index (κ1) is 13.4. The van der Waals surface area contributed by atoms with E-state index in [0.29, 0.717) is 22.4 Å². The molecule has 0 spiro atoms. The highest BCUT2D eigenvalue weighted by Crippen LogP contribution is 2.33. The maximum Gasteiger partial charge on any atom is 0.326 e. The van der Waals surface area contributed by atoms with Crippen molar-refractivity contribution in [1.82, 2.24) is 10.6 Å². The van der Waals surface area contributed by atoms with Crippen LogP contribution in [-0.2, 0) is 4.79 Å². The molecule has 0 unspecified atom stereocenters. The van der Waals surface area contributed by atoms with Crippen LogP contribution in [0.1, 0.15) is 12.5 Å². The van der Waals surface area contributed by atoms with E-state index in [2.05, 4.69) is 26.6 Å². The highest BCUT2D eigenvalue weighted by Gasteiger charge is 2.23. The van der Waals surface area contributed by atoms with Crippen molar-refractivity contribution in [2.24, 2.45) is 0 Å². The van der Waals surface area contributed by atoms with Gasteiger partial charge in [0.15, 0.2) is 11.5 Å². The lowest BCUT2D eigenvalue weighted by Crippen LogP contribution is -2.22. The molecule has 1 aromatic carbocycles. The van der Waals surface area contributed by atoms with Crippen LogP contribution in [0.4, 0.5) is 4.79 Å². The SMILES string of the molecule is CCOc1cc(/C=C2/NC(=O)NC2=O)c(Br)cc1O. The van der Waals surface area contributed by atoms with E-state index in [-0.39, 0.29) is 11.4 Å². The van der Waals surface area contributed by atoms with Gasteiger partial charge in [-0.15, -0.1) is 0 Å². The maximum absolute atomic E-state index is 11.4. The van der Waals surface area contributed by atoms with Crippen LogP contribution in [0.5, 0.6) is 11.5 Å². The molecule has 0 bridgehead atoms. The summed E-state index contributed by atoms with van der Waals surface area (Å²) in [7, 11) is 0. The molecule has 0 radical (unpaired) electrons. The summed E-state index contributed by atoms with van der Waals surface area (Å²) in [6.07, 6.45) is 1.49. The van der Waals surface area contributed by atoms with Gasteiger partial charge in [-0.3, -0.25) is 10.1 Å². The Kier molecular flexibility index (Phi) is 3.75. The van der Waals surface area contributed by atoms with Crippen LogP contribution in [0.25, 0.3) is 6.08 Å². The van der Waals surface area contributed by atoms with E-state index in [1.807, 2.05) is 0 Å². The van der Waals surface area contributed by atoms with Gasteiger partial charge >= 0.3 is 6.03 Å². The van der Waals surface area contributed by atoms with Gasteiger partial charge in [0.25, 0.3) is 5.91 Å². The maximum atomic E-state index is 11.4. The molecule has 1 aliphatic rings. The first-order valence-electron chi connectivity index (χ1n) is 5.50. The third kappa shape index (κ3) is 2.87. The molecule has 1 heterocycles. The standard InChI is InChI=1S/C12H11BrN2O4/c1-2-19-10-4-6(7(13)5-9(10)16)3-8-11(17)15-12(18)14-8/h3-5,16H,2H2,1H3,(H2,14,15,17,18)/b8-3+. The minimum atomic E-state index is -0.559. The van der Waals surface area contributed by atoms with E-state index in [4.69, 9.17) is 4.74 Å². The van der Waals surface area contributed by atoms with Gasteiger partial charge < -0.3 is 15.2 Å². The molecule has 0 aromatic heterocycles. The van der Waals surface area contributed by atoms with Crippen LogP contribution in [-0.4, -0.2) is 23.7 Å². The van der Waals surface area contributed by atoms with E-state index in [1.54, 1.807) is 13.0 Å². The molecular weight excluding hydrogens is 316 g/mol. The second kappa shape index (κ2) is 5.31. The fourth-order valence-corrected chi connectivity index (χ4v) is 2.02. The molecule has 1 saturated heterocycles. The lowest BCUT2D eigenvalue weighted by Gasteiger charge is -2.08. The lowest BCUT2D eigenvalue weighted by molar-refractivity contribution is -0.115. The predicted molar refractivity (Wildman–Crippen MR) is 71.6 cm³/mol. The first-order valence-corrected chi connectivity index (χ1v) is 6.30. The van der Waals surface area contributed by atoms with Crippen LogP contribution in [0.3, 0.4) is 0 Å². The number of carbonyl (C=O) groups excluding carboxylic acids is 2. The van der Waals surface area contributed by atoms with Crippen molar-refractivity contribution in [3.8, 4) is 11.5 Å². The number of imide groups is 1. The van der Waals surface area contributed by atoms with Gasteiger partial charge in [-0.2, -0.15) is 0 Å². The van der Waals surface area contributed by atoms with Gasteiger partial charge in [-0.1, -0.05) is 15.9 Å². The van der Waals surface area contributed by atoms with Gasteiger partial charge in [0, 0.05) is 4.47 Å². The molecule has 19 heavy (non-hydrogen) atoms. The number of urea groups is 1. The van der Waals surface area contributed by atoms with E-state index < -0.39 is 11.9 Å². The zero-order valence-corrected chi connectivity index (χ0v) is 11.6. The zero-order valence-electron chi connectivity index (χ0n) is 9.99. The molecule has 6 nitrogen and oxygen atoms in total. The summed E-state index contributed by atoms with van der Waals surface area (Å²) < 4.78 is 5.84. The van der Waals surface area contributed by atoms with Gasteiger partial charge in [0.2, 0.25) is 0 Å². The molecule has 3 N–H and O–H groups in total. The fraction of sp³-hybridized carbons (Fsp3) is 0.167. The normalized spacial score (nSPS) is 16.4. The Bertz CT molecular complexity index is 583. The molecule has 7 heteroatoms. The lowest BCUT2D eigenvalue weighted by atomic mass is 10.1. The van der Waals surface area contributed by atoms with Crippen LogP contribution in [0.2, 0.25) is 0 Å². The Morgan fingerprint density at radius 2 is 2.11 bits per heavy atom. The number of carbonyl (C=O) groups is 2. The summed E-state index contributed by atoms with van der Waals surface area (Å²) in [5.41, 5.74) is 0.743. The van der Waals surface area contributed by atoms with Crippen molar-refractivity contribution in [3.63, 3.8) is 0 Å². The van der Waals surface area contributed by atoms with Gasteiger partial charge in [-0.05, 0) is 30.7 Å². The molecule has 3 amide bonds. The average molecular weight is 327 g/mol. The minimum Gasteiger partial charge on any atom is -0.504 e. The number of phenols is 1. The molecule has 100 valence electrons. The topological polar surface area (TPSA) is 87.7 Å². The fourth-order valence-electron chi connectivity index (χ4n) is 1.58. The molecule has 1 fully saturated rings. The highest BCUT2D eigenvalue weighted by atomic mass is 79.9. The van der Waals surface area contributed by atoms with Crippen molar-refractivity contribution in [2.75, 3.05) is 6.61 Å². The van der Waals surface area contributed by atoms with Crippen LogP contribution in [0.15, 0.2) is 22.3 Å². The number of hydrogen-bond donors (Lipinski definition) is 3. The Morgan fingerprint density at radius 1 is 1.37 bits per heavy atom. The number of ether oxygens (including phenoxy) is 1. The number of nitrogens with one attached hydrogen (secondary N) is 2. The minimum absolute atomic E-state index is 0.00390. The van der Waals surface area contributed by atoms with Gasteiger partial charge in [-0.25, -0.2) is 4.79 Å². The van der Waals surface area contributed by atoms with Gasteiger partial charge in [0.05, 0.1) is 6.61 Å². The molecule has 1 aliphatic heterocycles. The number of aromatic hydroxyl groups is 1. The van der Waals surface area contributed by atoms with Crippen LogP contribution >= 0.6 is 15.9 Å². The molecule has 0 atom stereocenters. The zero-order chi connectivity index (χ0) is 14.0. The van der Waals surface area contributed by atoms with Crippen LogP contribution < -0.4 is 15.4 Å². The predicted octanol–water partition coefficient (Wildman–Crippen LogP) is 1.73. The Balaban J connectivity index is 2.39. The third-order valence-corrected chi connectivity index (χ3v) is 3.08. The number of rotatable bonds is 3. The van der Waals surface area contributed by atoms with Crippen molar-refractivity contribution in [3.05, 3.63) is 27.9 Å². The summed E-state index contributed by atoms with van der Waals surface area (Å²) in [6, 6.07) is 2.48. The van der Waals surface area contributed by atoms with Crippen molar-refractivity contribution in [2.45, 2.75) is 6.92 Å². The van der Waals surface area contributed by atoms with E-state index in [1.165, 1.54) is 12.1 Å². The smallest absolute Gasteiger partial charge is 0.326 e. The Morgan fingerprint density at radius 3 is 2.68 bits per heavy atom. The highest BCUT2D eigenvalue weighted by molar-refractivity contribution is 9.10. The first-order chi connectivity index (χ1) is 9.01. The molecule has 2 rings (SSSR count). The Hall–Kier alpha value is -2.02. The molecular formula is C12H11BrN2O4. The van der Waals surface area contributed by atoms with Crippen molar-refractivity contribution >= 4 is 33.9 Å². The van der Waals surface area contributed by atoms with Crippen molar-refractivity contribution in [1.29, 1.82) is 0 Å². The molecule has 0 aliphatic carbocycles. The summed E-state index contributed by atoms with van der Waals surface area (Å²) in [4.78, 5) is 22.4. The molecule has 0 saturated carbocycles. The second-order valence-corrected chi connectivity index (χ2v) is 4.60. The van der Waals surface area contributed by atoms with E-state index >= 15 is 0 Å². The second-order valence-electron chi connectivity index (χ2n) is 3.74. The van der Waals surface area contributed by atoms with E-state index in [0.717, 1.165) is 0 Å². The number of phenolic OH excluding ortho intramolecular Hbond substituents is 1. The summed E-state index contributed by atoms with van der Waals surface area (Å²) in [5.74, 6) is -0.194. The van der Waals surface area contributed by atoms with Gasteiger partial charge in [0.1, 0.15) is 5.70 Å². The monoisotopic (exact) mass is 326 g/mol. The number of halogens is 1. The number of amides is 3.